The highest BCUT2D eigenvalue weighted by molar-refractivity contribution is 9.09. The minimum Gasteiger partial charge on any atom is -0.296 e. The van der Waals surface area contributed by atoms with E-state index in [9.17, 15) is 0 Å². The number of hydrogen-bond acceptors (Lipinski definition) is 1. The smallest absolute Gasteiger partial charge is 0.0163 e. The summed E-state index contributed by atoms with van der Waals surface area (Å²) >= 11 is 3.44. The van der Waals surface area contributed by atoms with E-state index in [1.54, 1.807) is 0 Å². The molecule has 0 amide bonds. The molecule has 1 nitrogen and oxygen atoms in total. The van der Waals surface area contributed by atoms with Crippen LogP contribution < -0.4 is 0 Å². The van der Waals surface area contributed by atoms with Crippen LogP contribution >= 0.6 is 15.9 Å². The topological polar surface area (TPSA) is 3.24 Å². The van der Waals surface area contributed by atoms with E-state index in [0.29, 0.717) is 0 Å². The van der Waals surface area contributed by atoms with Gasteiger partial charge in [-0.05, 0) is 12.8 Å². The summed E-state index contributed by atoms with van der Waals surface area (Å²) in [5, 5.41) is 1.08. The van der Waals surface area contributed by atoms with Crippen molar-refractivity contribution in [2.45, 2.75) is 18.9 Å². The number of nitrogens with zero attached hydrogens (tertiary/aromatic N) is 1. The third-order valence-electron chi connectivity index (χ3n) is 1.80. The molecular formula is C8H14BrN. The van der Waals surface area contributed by atoms with Crippen LogP contribution in [0.4, 0.5) is 0 Å². The fourth-order valence-electron chi connectivity index (χ4n) is 1.14. The van der Waals surface area contributed by atoms with E-state index in [4.69, 9.17) is 0 Å². The van der Waals surface area contributed by atoms with Gasteiger partial charge in [-0.1, -0.05) is 22.0 Å². The number of hydrogen-bond donors (Lipinski definition) is 0. The van der Waals surface area contributed by atoms with E-state index in [1.165, 1.54) is 12.8 Å². The third-order valence-corrected chi connectivity index (χ3v) is 2.15. The second-order valence-electron chi connectivity index (χ2n) is 2.70. The largest absolute Gasteiger partial charge is 0.296 e. The van der Waals surface area contributed by atoms with Crippen molar-refractivity contribution >= 4 is 15.9 Å². The fraction of sp³-hybridized carbons (Fsp3) is 0.750. The van der Waals surface area contributed by atoms with Gasteiger partial charge in [-0.3, -0.25) is 4.90 Å². The Balaban J connectivity index is 2.19. The van der Waals surface area contributed by atoms with Gasteiger partial charge in [0, 0.05) is 24.5 Å². The van der Waals surface area contributed by atoms with E-state index in [-0.39, 0.29) is 0 Å². The van der Waals surface area contributed by atoms with Crippen LogP contribution in [0.2, 0.25) is 0 Å². The van der Waals surface area contributed by atoms with Gasteiger partial charge in [-0.2, -0.15) is 0 Å². The SMILES string of the molecule is C=CCN(CCBr)C1CC1. The summed E-state index contributed by atoms with van der Waals surface area (Å²) in [5.41, 5.74) is 0. The quantitative estimate of drug-likeness (QED) is 0.489. The Labute approximate surface area is 71.2 Å². The van der Waals surface area contributed by atoms with Crippen LogP contribution in [-0.2, 0) is 0 Å². The lowest BCUT2D eigenvalue weighted by molar-refractivity contribution is 0.312. The first-order chi connectivity index (χ1) is 4.88. The van der Waals surface area contributed by atoms with Gasteiger partial charge in [0.25, 0.3) is 0 Å². The summed E-state index contributed by atoms with van der Waals surface area (Å²) in [4.78, 5) is 2.47. The summed E-state index contributed by atoms with van der Waals surface area (Å²) in [5.74, 6) is 0. The predicted octanol–water partition coefficient (Wildman–Crippen LogP) is 2.03. The molecule has 0 bridgehead atoms. The lowest BCUT2D eigenvalue weighted by Crippen LogP contribution is -2.27. The summed E-state index contributed by atoms with van der Waals surface area (Å²) in [6.07, 6.45) is 4.77. The van der Waals surface area contributed by atoms with Crippen LogP contribution in [0.5, 0.6) is 0 Å². The highest BCUT2D eigenvalue weighted by atomic mass is 79.9. The average molecular weight is 204 g/mol. The molecule has 0 unspecified atom stereocenters. The maximum atomic E-state index is 3.74. The zero-order valence-electron chi connectivity index (χ0n) is 6.22. The second-order valence-corrected chi connectivity index (χ2v) is 3.50. The molecular weight excluding hydrogens is 190 g/mol. The van der Waals surface area contributed by atoms with Crippen LogP contribution in [0.15, 0.2) is 12.7 Å². The van der Waals surface area contributed by atoms with Gasteiger partial charge in [0.1, 0.15) is 0 Å². The molecule has 0 N–H and O–H groups in total. The fourth-order valence-corrected chi connectivity index (χ4v) is 1.59. The van der Waals surface area contributed by atoms with E-state index >= 15 is 0 Å². The maximum absolute atomic E-state index is 3.74. The molecule has 1 fully saturated rings. The Morgan fingerprint density at radius 1 is 1.60 bits per heavy atom. The molecule has 0 aromatic rings. The van der Waals surface area contributed by atoms with Gasteiger partial charge in [0.15, 0.2) is 0 Å². The Bertz CT molecular complexity index is 110. The molecule has 58 valence electrons. The average Bonchev–Trinajstić information content (AvgIpc) is 2.69. The summed E-state index contributed by atoms with van der Waals surface area (Å²) < 4.78 is 0. The zero-order valence-corrected chi connectivity index (χ0v) is 7.81. The van der Waals surface area contributed by atoms with Crippen molar-refractivity contribution in [2.24, 2.45) is 0 Å². The molecule has 1 aliphatic carbocycles. The molecule has 0 aromatic heterocycles. The Kier molecular flexibility index (Phi) is 3.43. The van der Waals surface area contributed by atoms with Gasteiger partial charge in [0.05, 0.1) is 0 Å². The van der Waals surface area contributed by atoms with Gasteiger partial charge in [0.2, 0.25) is 0 Å². The molecule has 0 saturated heterocycles. The summed E-state index contributed by atoms with van der Waals surface area (Å²) in [6, 6.07) is 0.871. The molecule has 0 atom stereocenters. The minimum absolute atomic E-state index is 0.871. The lowest BCUT2D eigenvalue weighted by atomic mass is 10.4. The number of rotatable bonds is 5. The van der Waals surface area contributed by atoms with E-state index < -0.39 is 0 Å². The second kappa shape index (κ2) is 4.14. The monoisotopic (exact) mass is 203 g/mol. The van der Waals surface area contributed by atoms with Gasteiger partial charge < -0.3 is 0 Å². The third kappa shape index (κ3) is 2.43. The zero-order chi connectivity index (χ0) is 7.40. The molecule has 0 radical (unpaired) electrons. The number of alkyl halides is 1. The molecule has 0 aliphatic heterocycles. The summed E-state index contributed by atoms with van der Waals surface area (Å²) in [6.45, 7) is 5.95. The molecule has 0 heterocycles. The van der Waals surface area contributed by atoms with Crippen molar-refractivity contribution in [3.8, 4) is 0 Å². The predicted molar refractivity (Wildman–Crippen MR) is 48.6 cm³/mol. The van der Waals surface area contributed by atoms with Crippen molar-refractivity contribution < 1.29 is 0 Å². The van der Waals surface area contributed by atoms with Crippen molar-refractivity contribution in [1.82, 2.24) is 4.90 Å². The highest BCUT2D eigenvalue weighted by Crippen LogP contribution is 2.26. The Morgan fingerprint density at radius 3 is 2.70 bits per heavy atom. The molecule has 0 spiro atoms. The molecule has 1 aliphatic rings. The van der Waals surface area contributed by atoms with Crippen LogP contribution in [0.25, 0.3) is 0 Å². The first-order valence-electron chi connectivity index (χ1n) is 3.79. The maximum Gasteiger partial charge on any atom is 0.0163 e. The first kappa shape index (κ1) is 8.28. The van der Waals surface area contributed by atoms with Crippen molar-refractivity contribution in [1.29, 1.82) is 0 Å². The van der Waals surface area contributed by atoms with Gasteiger partial charge in [-0.25, -0.2) is 0 Å². The van der Waals surface area contributed by atoms with E-state index in [2.05, 4.69) is 27.4 Å². The highest BCUT2D eigenvalue weighted by Gasteiger charge is 2.27. The summed E-state index contributed by atoms with van der Waals surface area (Å²) in [7, 11) is 0. The Hall–Kier alpha value is 0.180. The Morgan fingerprint density at radius 2 is 2.30 bits per heavy atom. The molecule has 2 heteroatoms. The van der Waals surface area contributed by atoms with Crippen LogP contribution in [0, 0.1) is 0 Å². The van der Waals surface area contributed by atoms with Crippen LogP contribution in [0.3, 0.4) is 0 Å². The normalized spacial score (nSPS) is 17.8. The first-order valence-corrected chi connectivity index (χ1v) is 4.91. The van der Waals surface area contributed by atoms with Crippen molar-refractivity contribution in [3.63, 3.8) is 0 Å². The lowest BCUT2D eigenvalue weighted by Gasteiger charge is -2.17. The molecule has 0 aromatic carbocycles. The van der Waals surface area contributed by atoms with Crippen molar-refractivity contribution in [2.75, 3.05) is 18.4 Å². The minimum atomic E-state index is 0.871. The van der Waals surface area contributed by atoms with Crippen LogP contribution in [0.1, 0.15) is 12.8 Å². The molecule has 10 heavy (non-hydrogen) atoms. The van der Waals surface area contributed by atoms with Crippen molar-refractivity contribution in [3.05, 3.63) is 12.7 Å². The van der Waals surface area contributed by atoms with E-state index in [1.807, 2.05) is 6.08 Å². The van der Waals surface area contributed by atoms with Gasteiger partial charge in [-0.15, -0.1) is 6.58 Å². The van der Waals surface area contributed by atoms with Crippen LogP contribution in [-0.4, -0.2) is 29.4 Å². The standard InChI is InChI=1S/C8H14BrN/c1-2-6-10(7-5-9)8-3-4-8/h2,8H,1,3-7H2. The number of halogens is 1. The molecule has 1 rings (SSSR count). The van der Waals surface area contributed by atoms with E-state index in [0.717, 1.165) is 24.5 Å². The van der Waals surface area contributed by atoms with Gasteiger partial charge >= 0.3 is 0 Å². The molecule has 1 saturated carbocycles.